The molecule has 0 saturated carbocycles. The Morgan fingerprint density at radius 1 is 0.633 bits per heavy atom. The zero-order valence-electron chi connectivity index (χ0n) is 18.2. The largest absolute Gasteiger partial charge is 0.192 e. The van der Waals surface area contributed by atoms with Crippen LogP contribution in [0.4, 0.5) is 0 Å². The highest BCUT2D eigenvalue weighted by Crippen LogP contribution is 2.12. The molecule has 0 unspecified atom stereocenters. The topological polar surface area (TPSA) is 95.2 Å². The third kappa shape index (κ3) is 8.95. The van der Waals surface area contributed by atoms with E-state index in [0.29, 0.717) is 10.4 Å². The molecule has 0 spiro atoms. The van der Waals surface area contributed by atoms with Crippen molar-refractivity contribution in [3.63, 3.8) is 0 Å². The highest BCUT2D eigenvalue weighted by molar-refractivity contribution is 5.75. The summed E-state index contributed by atoms with van der Waals surface area (Å²) in [5.74, 6) is 0. The van der Waals surface area contributed by atoms with Crippen LogP contribution in [0.1, 0.15) is 89.5 Å². The molecule has 4 heteroatoms. The van der Waals surface area contributed by atoms with Gasteiger partial charge in [-0.2, -0.15) is 21.0 Å². The lowest BCUT2D eigenvalue weighted by atomic mass is 9.99. The van der Waals surface area contributed by atoms with Gasteiger partial charge in [-0.25, -0.2) is 0 Å². The molecule has 0 N–H and O–H groups in total. The van der Waals surface area contributed by atoms with Gasteiger partial charge in [-0.1, -0.05) is 89.7 Å². The zero-order valence-corrected chi connectivity index (χ0v) is 18.2. The molecule has 1 rings (SSSR count). The first-order chi connectivity index (χ1) is 14.7. The summed E-state index contributed by atoms with van der Waals surface area (Å²) in [6.07, 6.45) is 16.0. The fraction of sp³-hybridized carbons (Fsp3) is 0.538. The summed E-state index contributed by atoms with van der Waals surface area (Å²) in [7, 11) is 0. The van der Waals surface area contributed by atoms with Crippen molar-refractivity contribution in [2.75, 3.05) is 0 Å². The predicted octanol–water partition coefficient (Wildman–Crippen LogP) is 5.33. The molecule has 0 aliphatic rings. The van der Waals surface area contributed by atoms with E-state index in [1.54, 1.807) is 18.2 Å². The average molecular weight is 401 g/mol. The zero-order chi connectivity index (χ0) is 22.0. The van der Waals surface area contributed by atoms with Crippen LogP contribution in [0.5, 0.6) is 0 Å². The lowest BCUT2D eigenvalue weighted by Crippen LogP contribution is -2.18. The predicted molar refractivity (Wildman–Crippen MR) is 120 cm³/mol. The quantitative estimate of drug-likeness (QED) is 0.418. The Morgan fingerprint density at radius 2 is 1.10 bits per heavy atom. The number of unbranched alkanes of at least 4 members (excludes halogenated alkanes) is 11. The van der Waals surface area contributed by atoms with Crippen LogP contribution in [0.3, 0.4) is 0 Å². The maximum absolute atomic E-state index is 9.23. The molecule has 0 saturated heterocycles. The SMILES string of the molecule is CCCCCCCCCCCCCCc1cc(=C(C#N)C#N)ccc1=C(C#N)C#N. The summed E-state index contributed by atoms with van der Waals surface area (Å²) in [6.45, 7) is 2.25. The first-order valence-electron chi connectivity index (χ1n) is 11.2. The number of nitriles is 4. The Labute approximate surface area is 181 Å². The number of aryl methyl sites for hydroxylation is 1. The van der Waals surface area contributed by atoms with Gasteiger partial charge in [-0.05, 0) is 24.5 Å². The third-order valence-corrected chi connectivity index (χ3v) is 5.41. The molecule has 0 heterocycles. The van der Waals surface area contributed by atoms with Crippen LogP contribution in [0.25, 0.3) is 11.1 Å². The van der Waals surface area contributed by atoms with Gasteiger partial charge in [0.2, 0.25) is 0 Å². The first-order valence-corrected chi connectivity index (χ1v) is 11.2. The molecule has 0 atom stereocenters. The van der Waals surface area contributed by atoms with E-state index >= 15 is 0 Å². The monoisotopic (exact) mass is 400 g/mol. The van der Waals surface area contributed by atoms with Crippen molar-refractivity contribution in [3.05, 3.63) is 34.2 Å². The van der Waals surface area contributed by atoms with Crippen LogP contribution in [0.15, 0.2) is 18.2 Å². The normalized spacial score (nSPS) is 9.77. The summed E-state index contributed by atoms with van der Waals surface area (Å²) in [4.78, 5) is 0. The third-order valence-electron chi connectivity index (χ3n) is 5.41. The van der Waals surface area contributed by atoms with Gasteiger partial charge in [0.15, 0.2) is 0 Å². The molecule has 4 nitrogen and oxygen atoms in total. The maximum atomic E-state index is 9.23. The molecular formula is C26H32N4. The molecule has 0 aliphatic heterocycles. The number of rotatable bonds is 13. The average Bonchev–Trinajstić information content (AvgIpc) is 2.77. The van der Waals surface area contributed by atoms with Gasteiger partial charge < -0.3 is 0 Å². The summed E-state index contributed by atoms with van der Waals surface area (Å²) < 4.78 is 0. The van der Waals surface area contributed by atoms with Crippen molar-refractivity contribution in [1.82, 2.24) is 0 Å². The molecule has 30 heavy (non-hydrogen) atoms. The molecule has 0 bridgehead atoms. The summed E-state index contributed by atoms with van der Waals surface area (Å²) in [5, 5.41) is 37.8. The maximum Gasteiger partial charge on any atom is 0.137 e. The molecule has 1 aromatic carbocycles. The molecule has 1 aromatic rings. The second-order valence-corrected chi connectivity index (χ2v) is 7.71. The van der Waals surface area contributed by atoms with E-state index in [4.69, 9.17) is 10.5 Å². The lowest BCUT2D eigenvalue weighted by molar-refractivity contribution is 0.544. The van der Waals surface area contributed by atoms with Crippen LogP contribution < -0.4 is 10.4 Å². The second-order valence-electron chi connectivity index (χ2n) is 7.71. The van der Waals surface area contributed by atoms with Gasteiger partial charge in [0, 0.05) is 10.4 Å². The number of hydrogen-bond donors (Lipinski definition) is 0. The van der Waals surface area contributed by atoms with Crippen molar-refractivity contribution in [1.29, 1.82) is 21.0 Å². The first kappa shape index (κ1) is 25.0. The van der Waals surface area contributed by atoms with Crippen LogP contribution in [0, 0.1) is 45.3 Å². The fourth-order valence-electron chi connectivity index (χ4n) is 3.66. The van der Waals surface area contributed by atoms with Crippen LogP contribution >= 0.6 is 0 Å². The van der Waals surface area contributed by atoms with Crippen LogP contribution in [-0.2, 0) is 6.42 Å². The smallest absolute Gasteiger partial charge is 0.137 e. The standard InChI is InChI=1S/C26H32N4/c1-2-3-4-5-6-7-8-9-10-11-12-13-14-23-17-22(24(18-27)19-28)15-16-26(23)25(20-29)21-30/h15-17H,2-14H2,1H3. The summed E-state index contributed by atoms with van der Waals surface area (Å²) in [6, 6.07) is 12.8. The van der Waals surface area contributed by atoms with E-state index in [1.807, 2.05) is 24.3 Å². The number of nitrogens with zero attached hydrogens (tertiary/aromatic N) is 4. The van der Waals surface area contributed by atoms with E-state index < -0.39 is 0 Å². The number of hydrogen-bond acceptors (Lipinski definition) is 4. The minimum atomic E-state index is 0.0490. The number of benzene rings is 1. The Balaban J connectivity index is 2.56. The van der Waals surface area contributed by atoms with Crippen molar-refractivity contribution in [2.24, 2.45) is 0 Å². The van der Waals surface area contributed by atoms with E-state index in [0.717, 1.165) is 24.8 Å². The van der Waals surface area contributed by atoms with Crippen molar-refractivity contribution in [2.45, 2.75) is 90.4 Å². The molecular weight excluding hydrogens is 368 g/mol. The van der Waals surface area contributed by atoms with Gasteiger partial charge in [-0.15, -0.1) is 0 Å². The molecule has 0 amide bonds. The van der Waals surface area contributed by atoms with Crippen LogP contribution in [0.2, 0.25) is 0 Å². The van der Waals surface area contributed by atoms with Gasteiger partial charge in [0.25, 0.3) is 0 Å². The minimum Gasteiger partial charge on any atom is -0.192 e. The Kier molecular flexibility index (Phi) is 13.1. The van der Waals surface area contributed by atoms with E-state index in [1.165, 1.54) is 64.2 Å². The minimum absolute atomic E-state index is 0.0490. The molecule has 0 aromatic heterocycles. The molecule has 0 fully saturated rings. The Morgan fingerprint density at radius 3 is 1.57 bits per heavy atom. The highest BCUT2D eigenvalue weighted by Gasteiger charge is 2.04. The van der Waals surface area contributed by atoms with Gasteiger partial charge >= 0.3 is 0 Å². The Hall–Kier alpha value is -3.08. The summed E-state index contributed by atoms with van der Waals surface area (Å²) in [5.41, 5.74) is 0.986. The van der Waals surface area contributed by atoms with Crippen molar-refractivity contribution >= 4 is 11.1 Å². The summed E-state index contributed by atoms with van der Waals surface area (Å²) >= 11 is 0. The fourth-order valence-corrected chi connectivity index (χ4v) is 3.66. The van der Waals surface area contributed by atoms with E-state index in [9.17, 15) is 10.5 Å². The Bertz CT molecular complexity index is 913. The molecule has 0 aliphatic carbocycles. The molecule has 0 radical (unpaired) electrons. The molecule has 156 valence electrons. The second kappa shape index (κ2) is 15.8. The van der Waals surface area contributed by atoms with Crippen molar-refractivity contribution < 1.29 is 0 Å². The lowest BCUT2D eigenvalue weighted by Gasteiger charge is -2.05. The van der Waals surface area contributed by atoms with Gasteiger partial charge in [-0.3, -0.25) is 0 Å². The van der Waals surface area contributed by atoms with Gasteiger partial charge in [0.1, 0.15) is 35.4 Å². The highest BCUT2D eigenvalue weighted by atomic mass is 14.3. The van der Waals surface area contributed by atoms with Crippen LogP contribution in [-0.4, -0.2) is 0 Å². The van der Waals surface area contributed by atoms with Crippen molar-refractivity contribution in [3.8, 4) is 24.3 Å². The van der Waals surface area contributed by atoms with Gasteiger partial charge in [0.05, 0.1) is 0 Å². The van der Waals surface area contributed by atoms with E-state index in [2.05, 4.69) is 6.92 Å². The van der Waals surface area contributed by atoms with E-state index in [-0.39, 0.29) is 11.1 Å².